The Morgan fingerprint density at radius 3 is 2.61 bits per heavy atom. The van der Waals surface area contributed by atoms with Crippen molar-refractivity contribution in [3.8, 4) is 5.69 Å². The third-order valence-corrected chi connectivity index (χ3v) is 3.04. The standard InChI is InChI=1S/C14H14N4/c1-9-8-12(15)13-10(2)17-18(14(13)16-9)11-6-4-3-5-7-11/h3-8H,1-2H3,(H2,15,16,17)/p+1. The summed E-state index contributed by atoms with van der Waals surface area (Å²) in [6.07, 6.45) is 0. The van der Waals surface area contributed by atoms with Crippen LogP contribution in [0.1, 0.15) is 11.4 Å². The third kappa shape index (κ3) is 1.54. The van der Waals surface area contributed by atoms with E-state index >= 15 is 0 Å². The number of fused-ring (bicyclic) bond motifs is 1. The van der Waals surface area contributed by atoms with Crippen LogP contribution < -0.4 is 10.4 Å². The van der Waals surface area contributed by atoms with E-state index in [4.69, 9.17) is 5.73 Å². The van der Waals surface area contributed by atoms with Gasteiger partial charge in [-0.15, -0.1) is 4.68 Å². The third-order valence-electron chi connectivity index (χ3n) is 3.04. The van der Waals surface area contributed by atoms with Crippen LogP contribution in [0.4, 0.5) is 5.69 Å². The van der Waals surface area contributed by atoms with Gasteiger partial charge in [0, 0.05) is 13.0 Å². The summed E-state index contributed by atoms with van der Waals surface area (Å²) in [7, 11) is 0. The molecule has 0 aliphatic rings. The molecule has 2 heterocycles. The number of hydrogen-bond acceptors (Lipinski definition) is 2. The van der Waals surface area contributed by atoms with Gasteiger partial charge in [-0.2, -0.15) is 0 Å². The van der Waals surface area contributed by atoms with E-state index < -0.39 is 0 Å². The Morgan fingerprint density at radius 1 is 1.17 bits per heavy atom. The molecule has 3 N–H and O–H groups in total. The van der Waals surface area contributed by atoms with E-state index in [9.17, 15) is 0 Å². The molecule has 18 heavy (non-hydrogen) atoms. The van der Waals surface area contributed by atoms with E-state index in [-0.39, 0.29) is 0 Å². The van der Waals surface area contributed by atoms with Gasteiger partial charge in [-0.1, -0.05) is 18.2 Å². The van der Waals surface area contributed by atoms with Crippen molar-refractivity contribution in [2.24, 2.45) is 0 Å². The van der Waals surface area contributed by atoms with Gasteiger partial charge in [0.05, 0.1) is 11.4 Å². The van der Waals surface area contributed by atoms with Crippen molar-refractivity contribution in [1.29, 1.82) is 0 Å². The van der Waals surface area contributed by atoms with Crippen molar-refractivity contribution in [2.75, 3.05) is 5.73 Å². The number of nitrogens with one attached hydrogen (secondary N) is 1. The molecule has 1 aromatic carbocycles. The van der Waals surface area contributed by atoms with Gasteiger partial charge in [0.25, 0.3) is 0 Å². The summed E-state index contributed by atoms with van der Waals surface area (Å²) in [4.78, 5) is 4.59. The summed E-state index contributed by atoms with van der Waals surface area (Å²) >= 11 is 0. The number of aromatic nitrogens is 3. The fraction of sp³-hybridized carbons (Fsp3) is 0.143. The minimum absolute atomic E-state index is 0.765. The van der Waals surface area contributed by atoms with Crippen LogP contribution in [0.5, 0.6) is 0 Å². The second-order valence-corrected chi connectivity index (χ2v) is 4.46. The lowest BCUT2D eigenvalue weighted by Crippen LogP contribution is -2.33. The highest BCUT2D eigenvalue weighted by atomic mass is 15.3. The van der Waals surface area contributed by atoms with Crippen LogP contribution in [0.15, 0.2) is 36.4 Å². The zero-order valence-electron chi connectivity index (χ0n) is 10.4. The van der Waals surface area contributed by atoms with Crippen LogP contribution in [0.2, 0.25) is 0 Å². The van der Waals surface area contributed by atoms with Crippen molar-refractivity contribution in [1.82, 2.24) is 10.1 Å². The topological polar surface area (TPSA) is 58.6 Å². The van der Waals surface area contributed by atoms with Gasteiger partial charge in [0.15, 0.2) is 11.4 Å². The molecule has 0 aliphatic heterocycles. The van der Waals surface area contributed by atoms with Crippen LogP contribution >= 0.6 is 0 Å². The lowest BCUT2D eigenvalue weighted by molar-refractivity contribution is -0.632. The summed E-state index contributed by atoms with van der Waals surface area (Å²) in [5.41, 5.74) is 10.7. The molecule has 0 radical (unpaired) electrons. The summed E-state index contributed by atoms with van der Waals surface area (Å²) in [6, 6.07) is 12.0. The molecular weight excluding hydrogens is 224 g/mol. The van der Waals surface area contributed by atoms with Crippen LogP contribution in [0.3, 0.4) is 0 Å². The number of pyridine rings is 1. The van der Waals surface area contributed by atoms with Crippen molar-refractivity contribution in [3.63, 3.8) is 0 Å². The van der Waals surface area contributed by atoms with Crippen molar-refractivity contribution in [2.45, 2.75) is 13.8 Å². The SMILES string of the molecule is Cc1cc(N)c2c(C)[nH][n+](-c3ccccc3)c2n1. The van der Waals surface area contributed by atoms with Crippen LogP contribution in [-0.2, 0) is 0 Å². The molecule has 0 amide bonds. The van der Waals surface area contributed by atoms with Crippen LogP contribution in [0.25, 0.3) is 16.7 Å². The molecule has 0 spiro atoms. The van der Waals surface area contributed by atoms with Crippen LogP contribution in [0, 0.1) is 13.8 Å². The summed E-state index contributed by atoms with van der Waals surface area (Å²) in [5.74, 6) is 0. The van der Waals surface area contributed by atoms with Gasteiger partial charge in [-0.25, -0.2) is 5.10 Å². The Balaban J connectivity index is 2.38. The average molecular weight is 239 g/mol. The molecule has 90 valence electrons. The average Bonchev–Trinajstić information content (AvgIpc) is 2.67. The second-order valence-electron chi connectivity index (χ2n) is 4.46. The van der Waals surface area contributed by atoms with E-state index in [2.05, 4.69) is 10.1 Å². The number of benzene rings is 1. The molecule has 2 aromatic heterocycles. The maximum absolute atomic E-state index is 6.08. The fourth-order valence-corrected chi connectivity index (χ4v) is 2.27. The molecule has 0 saturated heterocycles. The number of hydrogen-bond donors (Lipinski definition) is 2. The summed E-state index contributed by atoms with van der Waals surface area (Å²) in [5, 5.41) is 4.30. The number of para-hydroxylation sites is 1. The first-order valence-corrected chi connectivity index (χ1v) is 5.89. The van der Waals surface area contributed by atoms with Gasteiger partial charge in [-0.3, -0.25) is 0 Å². The minimum Gasteiger partial charge on any atom is -0.398 e. The van der Waals surface area contributed by atoms with E-state index in [1.165, 1.54) is 0 Å². The Labute approximate surface area is 105 Å². The zero-order chi connectivity index (χ0) is 12.7. The smallest absolute Gasteiger partial charge is 0.358 e. The Kier molecular flexibility index (Phi) is 2.30. The van der Waals surface area contributed by atoms with Crippen molar-refractivity contribution >= 4 is 16.7 Å². The van der Waals surface area contributed by atoms with Crippen molar-refractivity contribution in [3.05, 3.63) is 47.8 Å². The number of anilines is 1. The molecule has 0 aliphatic carbocycles. The molecule has 0 atom stereocenters. The number of nitrogens with two attached hydrogens (primary N) is 1. The number of aromatic amines is 1. The highest BCUT2D eigenvalue weighted by molar-refractivity contribution is 5.88. The highest BCUT2D eigenvalue weighted by Crippen LogP contribution is 2.21. The molecule has 0 unspecified atom stereocenters. The molecule has 4 nitrogen and oxygen atoms in total. The predicted molar refractivity (Wildman–Crippen MR) is 71.5 cm³/mol. The number of aryl methyl sites for hydroxylation is 2. The maximum atomic E-state index is 6.08. The van der Waals surface area contributed by atoms with Crippen LogP contribution in [-0.4, -0.2) is 10.1 Å². The largest absolute Gasteiger partial charge is 0.398 e. The molecule has 0 fully saturated rings. The lowest BCUT2D eigenvalue weighted by atomic mass is 10.2. The molecule has 0 bridgehead atoms. The minimum atomic E-state index is 0.765. The predicted octanol–water partition coefficient (Wildman–Crippen LogP) is 2.04. The van der Waals surface area contributed by atoms with Gasteiger partial charge < -0.3 is 5.73 Å². The molecule has 3 rings (SSSR count). The molecule has 4 heteroatoms. The summed E-state index contributed by atoms with van der Waals surface area (Å²) in [6.45, 7) is 3.96. The molecular formula is C14H15N4+. The first kappa shape index (κ1) is 10.8. The molecule has 3 aromatic rings. The van der Waals surface area contributed by atoms with Gasteiger partial charge in [0.2, 0.25) is 0 Å². The highest BCUT2D eigenvalue weighted by Gasteiger charge is 2.20. The van der Waals surface area contributed by atoms with Gasteiger partial charge in [-0.05, 0) is 24.0 Å². The Bertz CT molecular complexity index is 713. The van der Waals surface area contributed by atoms with Crippen molar-refractivity contribution < 1.29 is 4.68 Å². The maximum Gasteiger partial charge on any atom is 0.358 e. The van der Waals surface area contributed by atoms with Gasteiger partial charge >= 0.3 is 5.65 Å². The first-order chi connectivity index (χ1) is 8.66. The zero-order valence-corrected chi connectivity index (χ0v) is 10.4. The summed E-state index contributed by atoms with van der Waals surface area (Å²) < 4.78 is 1.97. The number of nitrogen functional groups attached to an aromatic ring is 1. The van der Waals surface area contributed by atoms with Gasteiger partial charge in [0.1, 0.15) is 5.39 Å². The Hall–Kier alpha value is -2.36. The first-order valence-electron chi connectivity index (χ1n) is 5.89. The van der Waals surface area contributed by atoms with E-state index in [0.29, 0.717) is 0 Å². The van der Waals surface area contributed by atoms with E-state index in [1.54, 1.807) is 0 Å². The quantitative estimate of drug-likeness (QED) is 0.638. The van der Waals surface area contributed by atoms with E-state index in [1.807, 2.05) is 54.9 Å². The van der Waals surface area contributed by atoms with E-state index in [0.717, 1.165) is 33.8 Å². The fourth-order valence-electron chi connectivity index (χ4n) is 2.27. The normalized spacial score (nSPS) is 11.0. The number of nitrogens with zero attached hydrogens (tertiary/aromatic N) is 2. The Morgan fingerprint density at radius 2 is 1.89 bits per heavy atom. The molecule has 0 saturated carbocycles. The lowest BCUT2D eigenvalue weighted by Gasteiger charge is -1.95. The number of rotatable bonds is 1. The number of H-pyrrole nitrogens is 1. The monoisotopic (exact) mass is 239 g/mol. The second kappa shape index (κ2) is 3.84.